The lowest BCUT2D eigenvalue weighted by Gasteiger charge is -2.17. The lowest BCUT2D eigenvalue weighted by molar-refractivity contribution is 0.0520. The number of fused-ring (bicyclic) bond motifs is 1. The molecule has 1 heterocycles. The first kappa shape index (κ1) is 25.4. The van der Waals surface area contributed by atoms with Gasteiger partial charge in [0.2, 0.25) is 0 Å². The van der Waals surface area contributed by atoms with E-state index in [0.29, 0.717) is 26.3 Å². The number of carbonyl (C=O) groups excluding carboxylic acids is 1. The number of pyridine rings is 1. The number of ether oxygens (including phenoxy) is 3. The summed E-state index contributed by atoms with van der Waals surface area (Å²) in [6.07, 6.45) is 1.93. The lowest BCUT2D eigenvalue weighted by atomic mass is 10.1. The van der Waals surface area contributed by atoms with E-state index in [2.05, 4.69) is 0 Å². The Hall–Kier alpha value is -3.23. The van der Waals surface area contributed by atoms with Gasteiger partial charge in [-0.05, 0) is 80.4 Å². The van der Waals surface area contributed by atoms with E-state index in [1.54, 1.807) is 27.2 Å². The predicted molar refractivity (Wildman–Crippen MR) is 144 cm³/mol. The number of hydrogen-bond acceptors (Lipinski definition) is 7. The van der Waals surface area contributed by atoms with Crippen LogP contribution in [-0.4, -0.2) is 31.8 Å². The minimum Gasteiger partial charge on any atom is -0.497 e. The summed E-state index contributed by atoms with van der Waals surface area (Å²) < 4.78 is 31.5. The Bertz CT molecular complexity index is 1440. The maximum atomic E-state index is 15.5. The molecule has 0 radical (unpaired) electrons. The summed E-state index contributed by atoms with van der Waals surface area (Å²) in [4.78, 5) is 21.0. The van der Waals surface area contributed by atoms with E-state index >= 15 is 4.39 Å². The second-order valence-corrected chi connectivity index (χ2v) is 10.8. The monoisotopic (exact) mass is 535 g/mol. The van der Waals surface area contributed by atoms with Gasteiger partial charge in [0.1, 0.15) is 17.3 Å². The van der Waals surface area contributed by atoms with Crippen molar-refractivity contribution in [3.05, 3.63) is 77.7 Å². The first-order chi connectivity index (χ1) is 18.0. The molecule has 1 aromatic heterocycles. The third-order valence-electron chi connectivity index (χ3n) is 6.03. The highest BCUT2D eigenvalue weighted by atomic mass is 32.2. The molecule has 1 aliphatic carbocycles. The summed E-state index contributed by atoms with van der Waals surface area (Å²) in [6.45, 7) is 2.03. The van der Waals surface area contributed by atoms with Crippen molar-refractivity contribution in [2.45, 2.75) is 45.3 Å². The summed E-state index contributed by atoms with van der Waals surface area (Å²) in [5.74, 6) is 0.875. The van der Waals surface area contributed by atoms with Crippen LogP contribution in [0.4, 0.5) is 4.39 Å². The first-order valence-electron chi connectivity index (χ1n) is 12.0. The van der Waals surface area contributed by atoms with E-state index in [1.807, 2.05) is 48.5 Å². The van der Waals surface area contributed by atoms with Crippen molar-refractivity contribution in [3.63, 3.8) is 0 Å². The van der Waals surface area contributed by atoms with Gasteiger partial charge in [0.15, 0.2) is 0 Å². The number of hydrogen-bond donors (Lipinski definition) is 0. The summed E-state index contributed by atoms with van der Waals surface area (Å²) in [5, 5.41) is 0.588. The van der Waals surface area contributed by atoms with Crippen LogP contribution in [0.1, 0.15) is 41.7 Å². The highest BCUT2D eigenvalue weighted by molar-refractivity contribution is 7.99. The van der Waals surface area contributed by atoms with Gasteiger partial charge in [-0.3, -0.25) is 4.98 Å². The topological polar surface area (TPSA) is 57.7 Å². The average molecular weight is 536 g/mol. The quantitative estimate of drug-likeness (QED) is 0.203. The van der Waals surface area contributed by atoms with Crippen LogP contribution in [0.25, 0.3) is 10.9 Å². The molecule has 0 bridgehead atoms. The van der Waals surface area contributed by atoms with E-state index in [-0.39, 0.29) is 18.3 Å². The molecule has 5 rings (SSSR count). The summed E-state index contributed by atoms with van der Waals surface area (Å²) in [6, 6.07) is 18.3. The van der Waals surface area contributed by atoms with Crippen LogP contribution < -0.4 is 9.47 Å². The third kappa shape index (κ3) is 5.55. The Kier molecular flexibility index (Phi) is 7.58. The molecule has 37 heavy (non-hydrogen) atoms. The molecule has 5 nitrogen and oxygen atoms in total. The zero-order valence-electron chi connectivity index (χ0n) is 20.7. The molecule has 0 saturated heterocycles. The van der Waals surface area contributed by atoms with E-state index in [9.17, 15) is 4.79 Å². The van der Waals surface area contributed by atoms with Gasteiger partial charge < -0.3 is 14.2 Å². The van der Waals surface area contributed by atoms with E-state index in [0.717, 1.165) is 39.8 Å². The fourth-order valence-electron chi connectivity index (χ4n) is 4.02. The van der Waals surface area contributed by atoms with Gasteiger partial charge in [-0.2, -0.15) is 0 Å². The van der Waals surface area contributed by atoms with Crippen LogP contribution in [0.15, 0.2) is 80.2 Å². The number of halogens is 1. The lowest BCUT2D eigenvalue weighted by Crippen LogP contribution is -2.12. The van der Waals surface area contributed by atoms with E-state index in [4.69, 9.17) is 19.2 Å². The molecule has 8 heteroatoms. The summed E-state index contributed by atoms with van der Waals surface area (Å²) in [5.41, 5.74) is 1.82. The molecule has 0 unspecified atom stereocenters. The van der Waals surface area contributed by atoms with Crippen molar-refractivity contribution < 1.29 is 23.4 Å². The molecule has 0 N–H and O–H groups in total. The highest BCUT2D eigenvalue weighted by Gasteiger charge is 2.34. The van der Waals surface area contributed by atoms with Crippen LogP contribution in [0.3, 0.4) is 0 Å². The predicted octanol–water partition coefficient (Wildman–Crippen LogP) is 7.75. The first-order valence-corrected chi connectivity index (χ1v) is 13.6. The van der Waals surface area contributed by atoms with Crippen molar-refractivity contribution in [3.8, 4) is 11.5 Å². The molecule has 1 aliphatic rings. The SMILES string of the molecule is CCOC(=O)c1c(C2CC2)nc2cc(Sc3ccc(OC)cc3)c(F)cc2c1Sc1ccc(OC)cc1. The largest absolute Gasteiger partial charge is 0.497 e. The second kappa shape index (κ2) is 11.0. The van der Waals surface area contributed by atoms with Gasteiger partial charge in [-0.1, -0.05) is 23.5 Å². The van der Waals surface area contributed by atoms with Crippen LogP contribution >= 0.6 is 23.5 Å². The molecule has 0 amide bonds. The number of aromatic nitrogens is 1. The number of nitrogens with zero attached hydrogens (tertiary/aromatic N) is 1. The molecule has 0 spiro atoms. The Morgan fingerprint density at radius 3 is 2.08 bits per heavy atom. The molecule has 0 aliphatic heterocycles. The van der Waals surface area contributed by atoms with E-state index in [1.165, 1.54) is 29.6 Å². The number of benzene rings is 3. The smallest absolute Gasteiger partial charge is 0.341 e. The minimum absolute atomic E-state index is 0.196. The zero-order chi connectivity index (χ0) is 25.9. The number of carbonyl (C=O) groups is 1. The maximum Gasteiger partial charge on any atom is 0.341 e. The van der Waals surface area contributed by atoms with Crippen LogP contribution in [0.5, 0.6) is 11.5 Å². The Morgan fingerprint density at radius 1 is 0.946 bits per heavy atom. The van der Waals surface area contributed by atoms with Crippen molar-refractivity contribution in [2.24, 2.45) is 0 Å². The van der Waals surface area contributed by atoms with Gasteiger partial charge in [-0.25, -0.2) is 9.18 Å². The summed E-state index contributed by atoms with van der Waals surface area (Å²) in [7, 11) is 3.23. The number of rotatable bonds is 9. The minimum atomic E-state index is -0.424. The molecular formula is C29H26FNO4S2. The average Bonchev–Trinajstić information content (AvgIpc) is 3.76. The van der Waals surface area contributed by atoms with Gasteiger partial charge >= 0.3 is 5.97 Å². The zero-order valence-corrected chi connectivity index (χ0v) is 22.4. The van der Waals surface area contributed by atoms with Crippen molar-refractivity contribution in [2.75, 3.05) is 20.8 Å². The van der Waals surface area contributed by atoms with E-state index < -0.39 is 5.97 Å². The van der Waals surface area contributed by atoms with Gasteiger partial charge in [0.25, 0.3) is 0 Å². The molecule has 1 fully saturated rings. The molecule has 1 saturated carbocycles. The van der Waals surface area contributed by atoms with Gasteiger partial charge in [0, 0.05) is 26.0 Å². The number of methoxy groups -OCH3 is 2. The van der Waals surface area contributed by atoms with Gasteiger partial charge in [0.05, 0.1) is 42.5 Å². The van der Waals surface area contributed by atoms with Crippen molar-refractivity contribution in [1.82, 2.24) is 4.98 Å². The molecule has 3 aromatic carbocycles. The maximum absolute atomic E-state index is 15.5. The normalized spacial score (nSPS) is 13.0. The Balaban J connectivity index is 1.64. The van der Waals surface area contributed by atoms with Crippen LogP contribution in [0, 0.1) is 5.82 Å². The molecular weight excluding hydrogens is 509 g/mol. The standard InChI is InChI=1S/C29H26FNO4S2/c1-4-35-29(32)26-27(17-5-6-17)31-24-16-25(36-20-11-7-18(33-2)8-12-20)23(30)15-22(24)28(26)37-21-13-9-19(34-3)10-14-21/h7-17H,4-6H2,1-3H3. The Labute approximate surface area is 223 Å². The van der Waals surface area contributed by atoms with Crippen molar-refractivity contribution in [1.29, 1.82) is 0 Å². The molecule has 4 aromatic rings. The number of esters is 1. The Morgan fingerprint density at radius 2 is 1.54 bits per heavy atom. The fraction of sp³-hybridized carbons (Fsp3) is 0.241. The summed E-state index contributed by atoms with van der Waals surface area (Å²) >= 11 is 2.74. The second-order valence-electron chi connectivity index (χ2n) is 8.55. The fourth-order valence-corrected chi connectivity index (χ4v) is 5.95. The van der Waals surface area contributed by atoms with Crippen LogP contribution in [0.2, 0.25) is 0 Å². The highest BCUT2D eigenvalue weighted by Crippen LogP contribution is 2.47. The third-order valence-corrected chi connectivity index (χ3v) is 8.21. The molecule has 0 atom stereocenters. The van der Waals surface area contributed by atoms with Crippen molar-refractivity contribution >= 4 is 40.4 Å². The van der Waals surface area contributed by atoms with Gasteiger partial charge in [-0.15, -0.1) is 0 Å². The van der Waals surface area contributed by atoms with Crippen LogP contribution in [-0.2, 0) is 4.74 Å². The molecule has 190 valence electrons.